The maximum atomic E-state index is 5.44. The van der Waals surface area contributed by atoms with Crippen molar-refractivity contribution in [1.82, 2.24) is 15.6 Å². The third kappa shape index (κ3) is 5.63. The summed E-state index contributed by atoms with van der Waals surface area (Å²) in [6.07, 6.45) is 0.873. The van der Waals surface area contributed by atoms with E-state index in [0.29, 0.717) is 6.54 Å². The summed E-state index contributed by atoms with van der Waals surface area (Å²) in [7, 11) is 3.50. The van der Waals surface area contributed by atoms with Gasteiger partial charge in [0.15, 0.2) is 5.96 Å². The predicted molar refractivity (Wildman–Crippen MR) is 123 cm³/mol. The molecular formula is C21H27IN4O. The van der Waals surface area contributed by atoms with Crippen molar-refractivity contribution in [2.24, 2.45) is 4.99 Å². The van der Waals surface area contributed by atoms with E-state index >= 15 is 0 Å². The second-order valence-electron chi connectivity index (χ2n) is 6.30. The molecule has 144 valence electrons. The largest absolute Gasteiger partial charge is 0.496 e. The molecule has 27 heavy (non-hydrogen) atoms. The van der Waals surface area contributed by atoms with Crippen LogP contribution in [0, 0.1) is 6.92 Å². The molecule has 0 saturated heterocycles. The molecule has 0 aliphatic carbocycles. The van der Waals surface area contributed by atoms with Crippen molar-refractivity contribution in [3.8, 4) is 5.75 Å². The fourth-order valence-electron chi connectivity index (χ4n) is 3.05. The number of H-pyrrole nitrogens is 1. The van der Waals surface area contributed by atoms with Gasteiger partial charge in [0.1, 0.15) is 5.75 Å². The number of aliphatic imine (C=N–C) groups is 1. The summed E-state index contributed by atoms with van der Waals surface area (Å²) in [5.41, 5.74) is 4.72. The number of para-hydroxylation sites is 1. The lowest BCUT2D eigenvalue weighted by Crippen LogP contribution is -2.37. The number of nitrogens with one attached hydrogen (secondary N) is 3. The van der Waals surface area contributed by atoms with Crippen LogP contribution in [-0.2, 0) is 13.0 Å². The number of halogens is 1. The van der Waals surface area contributed by atoms with Gasteiger partial charge >= 0.3 is 0 Å². The van der Waals surface area contributed by atoms with Gasteiger partial charge in [0.25, 0.3) is 0 Å². The van der Waals surface area contributed by atoms with E-state index in [4.69, 9.17) is 4.74 Å². The van der Waals surface area contributed by atoms with E-state index in [1.165, 1.54) is 16.5 Å². The number of hydrogen-bond acceptors (Lipinski definition) is 2. The first-order chi connectivity index (χ1) is 12.7. The fraction of sp³-hybridized carbons (Fsp3) is 0.286. The summed E-state index contributed by atoms with van der Waals surface area (Å²) in [5.74, 6) is 1.72. The molecule has 0 aliphatic heterocycles. The number of rotatable bonds is 6. The van der Waals surface area contributed by atoms with Crippen molar-refractivity contribution in [2.45, 2.75) is 19.9 Å². The number of aromatic nitrogens is 1. The van der Waals surface area contributed by atoms with Crippen LogP contribution < -0.4 is 15.4 Å². The first-order valence-electron chi connectivity index (χ1n) is 8.84. The van der Waals surface area contributed by atoms with E-state index in [1.54, 1.807) is 14.2 Å². The van der Waals surface area contributed by atoms with E-state index in [2.05, 4.69) is 57.9 Å². The van der Waals surface area contributed by atoms with E-state index in [1.807, 2.05) is 18.2 Å². The third-order valence-electron chi connectivity index (χ3n) is 4.38. The first kappa shape index (κ1) is 21.1. The zero-order valence-corrected chi connectivity index (χ0v) is 18.3. The van der Waals surface area contributed by atoms with Crippen LogP contribution >= 0.6 is 24.0 Å². The van der Waals surface area contributed by atoms with Gasteiger partial charge in [-0.3, -0.25) is 4.99 Å². The molecule has 1 aromatic heterocycles. The maximum Gasteiger partial charge on any atom is 0.191 e. The predicted octanol–water partition coefficient (Wildman–Crippen LogP) is 4.01. The van der Waals surface area contributed by atoms with Crippen LogP contribution in [0.5, 0.6) is 5.75 Å². The molecule has 3 aromatic rings. The molecule has 0 bridgehead atoms. The number of nitrogens with zero attached hydrogens (tertiary/aromatic N) is 1. The number of benzene rings is 2. The monoisotopic (exact) mass is 478 g/mol. The van der Waals surface area contributed by atoms with Gasteiger partial charge in [-0.15, -0.1) is 24.0 Å². The third-order valence-corrected chi connectivity index (χ3v) is 4.38. The molecule has 0 amide bonds. The first-order valence-corrected chi connectivity index (χ1v) is 8.84. The highest BCUT2D eigenvalue weighted by molar-refractivity contribution is 14.0. The van der Waals surface area contributed by atoms with E-state index < -0.39 is 0 Å². The van der Waals surface area contributed by atoms with Crippen LogP contribution in [0.3, 0.4) is 0 Å². The Bertz CT molecular complexity index is 871. The van der Waals surface area contributed by atoms with Crippen molar-refractivity contribution >= 4 is 40.8 Å². The van der Waals surface area contributed by atoms with Gasteiger partial charge in [0.05, 0.1) is 13.7 Å². The van der Waals surface area contributed by atoms with Crippen LogP contribution in [0.2, 0.25) is 0 Å². The SMILES string of the molecule is CN=C(NCCc1cc(C)ccc1OC)NCc1cc2ccccc2[nH]1.I. The lowest BCUT2D eigenvalue weighted by Gasteiger charge is -2.13. The molecule has 0 unspecified atom stereocenters. The van der Waals surface area contributed by atoms with Crippen molar-refractivity contribution < 1.29 is 4.74 Å². The Hall–Kier alpha value is -2.22. The van der Waals surface area contributed by atoms with Crippen molar-refractivity contribution in [3.05, 3.63) is 65.4 Å². The lowest BCUT2D eigenvalue weighted by atomic mass is 10.1. The second-order valence-corrected chi connectivity index (χ2v) is 6.30. The average molecular weight is 478 g/mol. The molecule has 6 heteroatoms. The van der Waals surface area contributed by atoms with Crippen molar-refractivity contribution in [3.63, 3.8) is 0 Å². The summed E-state index contributed by atoms with van der Waals surface area (Å²) in [4.78, 5) is 7.71. The molecule has 3 rings (SSSR count). The summed E-state index contributed by atoms with van der Waals surface area (Å²) in [6.45, 7) is 3.57. The topological polar surface area (TPSA) is 61.4 Å². The number of methoxy groups -OCH3 is 1. The van der Waals surface area contributed by atoms with Gasteiger partial charge in [0, 0.05) is 24.8 Å². The van der Waals surface area contributed by atoms with Gasteiger partial charge in [-0.05, 0) is 42.5 Å². The molecule has 0 aliphatic rings. The summed E-state index contributed by atoms with van der Waals surface area (Å²) < 4.78 is 5.44. The molecule has 1 heterocycles. The van der Waals surface area contributed by atoms with E-state index in [9.17, 15) is 0 Å². The van der Waals surface area contributed by atoms with Crippen molar-refractivity contribution in [1.29, 1.82) is 0 Å². The molecule has 0 saturated carbocycles. The zero-order valence-electron chi connectivity index (χ0n) is 16.0. The van der Waals surface area contributed by atoms with Crippen LogP contribution in [0.1, 0.15) is 16.8 Å². The highest BCUT2D eigenvalue weighted by Gasteiger charge is 2.05. The minimum absolute atomic E-state index is 0. The van der Waals surface area contributed by atoms with E-state index in [0.717, 1.165) is 35.9 Å². The smallest absolute Gasteiger partial charge is 0.191 e. The van der Waals surface area contributed by atoms with Gasteiger partial charge in [-0.25, -0.2) is 0 Å². The van der Waals surface area contributed by atoms with Crippen LogP contribution in [0.15, 0.2) is 53.5 Å². The van der Waals surface area contributed by atoms with E-state index in [-0.39, 0.29) is 24.0 Å². The molecule has 0 radical (unpaired) electrons. The summed E-state index contributed by atoms with van der Waals surface area (Å²) in [6, 6.07) is 16.7. The lowest BCUT2D eigenvalue weighted by molar-refractivity contribution is 0.409. The Balaban J connectivity index is 0.00000261. The molecule has 3 N–H and O–H groups in total. The quantitative estimate of drug-likeness (QED) is 0.285. The number of ether oxygens (including phenoxy) is 1. The fourth-order valence-corrected chi connectivity index (χ4v) is 3.05. The normalized spacial score (nSPS) is 11.1. The Morgan fingerprint density at radius 2 is 1.93 bits per heavy atom. The Kier molecular flexibility index (Phi) is 7.97. The average Bonchev–Trinajstić information content (AvgIpc) is 3.07. The van der Waals surface area contributed by atoms with Gasteiger partial charge in [0.2, 0.25) is 0 Å². The zero-order chi connectivity index (χ0) is 18.4. The Morgan fingerprint density at radius 1 is 1.11 bits per heavy atom. The second kappa shape index (κ2) is 10.2. The van der Waals surface area contributed by atoms with Gasteiger partial charge < -0.3 is 20.4 Å². The molecule has 2 aromatic carbocycles. The van der Waals surface area contributed by atoms with Gasteiger partial charge in [-0.1, -0.05) is 35.9 Å². The Labute approximate surface area is 177 Å². The molecule has 5 nitrogen and oxygen atoms in total. The highest BCUT2D eigenvalue weighted by Crippen LogP contribution is 2.19. The minimum atomic E-state index is 0. The number of hydrogen-bond donors (Lipinski definition) is 3. The summed E-state index contributed by atoms with van der Waals surface area (Å²) in [5, 5.41) is 7.93. The van der Waals surface area contributed by atoms with Crippen LogP contribution in [0.4, 0.5) is 0 Å². The standard InChI is InChI=1S/C21H26N4O.HI/c1-15-8-9-20(26-3)17(12-15)10-11-23-21(22-2)24-14-18-13-16-6-4-5-7-19(16)25-18;/h4-9,12-13,25H,10-11,14H2,1-3H3,(H2,22,23,24);1H. The van der Waals surface area contributed by atoms with Crippen LogP contribution in [0.25, 0.3) is 10.9 Å². The van der Waals surface area contributed by atoms with Crippen LogP contribution in [-0.4, -0.2) is 31.6 Å². The molecular weight excluding hydrogens is 451 g/mol. The molecule has 0 atom stereocenters. The number of guanidine groups is 1. The highest BCUT2D eigenvalue weighted by atomic mass is 127. The number of aromatic amines is 1. The summed E-state index contributed by atoms with van der Waals surface area (Å²) >= 11 is 0. The Morgan fingerprint density at radius 3 is 2.67 bits per heavy atom. The number of fused-ring (bicyclic) bond motifs is 1. The van der Waals surface area contributed by atoms with Crippen molar-refractivity contribution in [2.75, 3.05) is 20.7 Å². The molecule has 0 fully saturated rings. The minimum Gasteiger partial charge on any atom is -0.496 e. The van der Waals surface area contributed by atoms with Gasteiger partial charge in [-0.2, -0.15) is 0 Å². The molecule has 0 spiro atoms. The maximum absolute atomic E-state index is 5.44. The number of aryl methyl sites for hydroxylation is 1.